The lowest BCUT2D eigenvalue weighted by molar-refractivity contribution is -0.137. The van der Waals surface area contributed by atoms with E-state index in [1.54, 1.807) is 25.1 Å². The molecule has 0 aliphatic heterocycles. The van der Waals surface area contributed by atoms with E-state index in [1.165, 1.54) is 12.1 Å². The van der Waals surface area contributed by atoms with Crippen molar-refractivity contribution in [3.63, 3.8) is 0 Å². The molecule has 26 heavy (non-hydrogen) atoms. The second kappa shape index (κ2) is 6.48. The Hall–Kier alpha value is -2.83. The summed E-state index contributed by atoms with van der Waals surface area (Å²) < 4.78 is 37.8. The monoisotopic (exact) mass is 362 g/mol. The number of hydrogen-bond donors (Lipinski definition) is 2. The number of anilines is 1. The number of halogens is 3. The highest BCUT2D eigenvalue weighted by molar-refractivity contribution is 6.00. The Kier molecular flexibility index (Phi) is 4.48. The van der Waals surface area contributed by atoms with Gasteiger partial charge in [0.1, 0.15) is 0 Å². The van der Waals surface area contributed by atoms with Crippen LogP contribution in [0.1, 0.15) is 39.4 Å². The van der Waals surface area contributed by atoms with Crippen LogP contribution in [0.3, 0.4) is 0 Å². The maximum Gasteiger partial charge on any atom is 0.416 e. The average molecular weight is 362 g/mol. The highest BCUT2D eigenvalue weighted by atomic mass is 19.4. The van der Waals surface area contributed by atoms with Gasteiger partial charge in [-0.05, 0) is 54.7 Å². The summed E-state index contributed by atoms with van der Waals surface area (Å²) in [6.07, 6.45) is -3.80. The van der Waals surface area contributed by atoms with Crippen LogP contribution in [0.25, 0.3) is 0 Å². The van der Waals surface area contributed by atoms with Crippen molar-refractivity contribution >= 4 is 17.5 Å². The number of amides is 2. The number of primary amides is 1. The quantitative estimate of drug-likeness (QED) is 0.867. The Balaban J connectivity index is 1.68. The predicted octanol–water partition coefficient (Wildman–Crippen LogP) is 3.85. The van der Waals surface area contributed by atoms with E-state index in [0.717, 1.165) is 12.1 Å². The molecular formula is C19H17F3N2O2. The Bertz CT molecular complexity index is 860. The van der Waals surface area contributed by atoms with Crippen LogP contribution in [0.4, 0.5) is 18.9 Å². The third-order valence-corrected chi connectivity index (χ3v) is 4.65. The molecule has 7 heteroatoms. The second-order valence-corrected chi connectivity index (χ2v) is 6.40. The molecule has 0 heterocycles. The number of rotatable bonds is 4. The highest BCUT2D eigenvalue weighted by Crippen LogP contribution is 2.48. The molecule has 0 saturated heterocycles. The zero-order chi connectivity index (χ0) is 19.1. The van der Waals surface area contributed by atoms with Crippen molar-refractivity contribution in [2.75, 3.05) is 5.32 Å². The highest BCUT2D eigenvalue weighted by Gasteiger charge is 2.44. The normalized spacial score (nSPS) is 19.1. The van der Waals surface area contributed by atoms with Gasteiger partial charge in [0.25, 0.3) is 0 Å². The average Bonchev–Trinajstić information content (AvgIpc) is 3.36. The van der Waals surface area contributed by atoms with Gasteiger partial charge in [0.2, 0.25) is 11.8 Å². The van der Waals surface area contributed by atoms with Crippen LogP contribution >= 0.6 is 0 Å². The van der Waals surface area contributed by atoms with Gasteiger partial charge >= 0.3 is 6.18 Å². The van der Waals surface area contributed by atoms with Crippen LogP contribution in [-0.2, 0) is 11.0 Å². The lowest BCUT2D eigenvalue weighted by Gasteiger charge is -2.11. The number of hydrogen-bond acceptors (Lipinski definition) is 2. The van der Waals surface area contributed by atoms with Gasteiger partial charge in [-0.2, -0.15) is 13.2 Å². The summed E-state index contributed by atoms with van der Waals surface area (Å²) in [7, 11) is 0. The van der Waals surface area contributed by atoms with Crippen molar-refractivity contribution in [1.29, 1.82) is 0 Å². The minimum absolute atomic E-state index is 0.100. The largest absolute Gasteiger partial charge is 0.416 e. The van der Waals surface area contributed by atoms with E-state index in [9.17, 15) is 22.8 Å². The molecule has 3 rings (SSSR count). The fraction of sp³-hybridized carbons (Fsp3) is 0.263. The van der Waals surface area contributed by atoms with Crippen LogP contribution in [0.5, 0.6) is 0 Å². The molecule has 2 unspecified atom stereocenters. The zero-order valence-corrected chi connectivity index (χ0v) is 13.9. The molecule has 2 amide bonds. The van der Waals surface area contributed by atoms with Gasteiger partial charge in [-0.15, -0.1) is 0 Å². The van der Waals surface area contributed by atoms with Crippen LogP contribution in [-0.4, -0.2) is 11.8 Å². The van der Waals surface area contributed by atoms with Gasteiger partial charge in [0.15, 0.2) is 0 Å². The summed E-state index contributed by atoms with van der Waals surface area (Å²) in [5.41, 5.74) is 6.72. The fourth-order valence-electron chi connectivity index (χ4n) is 3.04. The molecule has 136 valence electrons. The van der Waals surface area contributed by atoms with E-state index in [4.69, 9.17) is 5.73 Å². The number of alkyl halides is 3. The molecule has 2 aromatic rings. The van der Waals surface area contributed by atoms with Crippen molar-refractivity contribution in [2.24, 2.45) is 11.7 Å². The van der Waals surface area contributed by atoms with Crippen molar-refractivity contribution in [3.8, 4) is 0 Å². The maximum atomic E-state index is 12.6. The molecule has 1 saturated carbocycles. The van der Waals surface area contributed by atoms with Gasteiger partial charge < -0.3 is 11.1 Å². The summed E-state index contributed by atoms with van der Waals surface area (Å²) >= 11 is 0. The van der Waals surface area contributed by atoms with Gasteiger partial charge in [0.05, 0.1) is 5.56 Å². The third kappa shape index (κ3) is 3.56. The van der Waals surface area contributed by atoms with Crippen LogP contribution in [0.15, 0.2) is 42.5 Å². The van der Waals surface area contributed by atoms with Crippen molar-refractivity contribution in [2.45, 2.75) is 25.4 Å². The number of carbonyl (C=O) groups is 2. The SMILES string of the molecule is Cc1c(NC(=O)C2CC2c2ccc(C(F)(F)F)cc2)cccc1C(N)=O. The summed E-state index contributed by atoms with van der Waals surface area (Å²) in [5.74, 6) is -1.20. The predicted molar refractivity (Wildman–Crippen MR) is 90.6 cm³/mol. The molecule has 0 radical (unpaired) electrons. The van der Waals surface area contributed by atoms with Gasteiger partial charge in [0, 0.05) is 17.2 Å². The first-order valence-corrected chi connectivity index (χ1v) is 8.06. The molecule has 0 bridgehead atoms. The van der Waals surface area contributed by atoms with E-state index in [2.05, 4.69) is 5.32 Å². The summed E-state index contributed by atoms with van der Waals surface area (Å²) in [4.78, 5) is 23.8. The first kappa shape index (κ1) is 18.0. The van der Waals surface area contributed by atoms with Crippen molar-refractivity contribution < 1.29 is 22.8 Å². The molecule has 2 aromatic carbocycles. The molecule has 1 aliphatic rings. The molecule has 3 N–H and O–H groups in total. The second-order valence-electron chi connectivity index (χ2n) is 6.40. The molecule has 4 nitrogen and oxygen atoms in total. The molecule has 1 fully saturated rings. The standard InChI is InChI=1S/C19H17F3N2O2/c1-10-13(17(23)25)3-2-4-16(10)24-18(26)15-9-14(15)11-5-7-12(8-6-11)19(20,21)22/h2-8,14-15H,9H2,1H3,(H2,23,25)(H,24,26). The van der Waals surface area contributed by atoms with E-state index in [1.807, 2.05) is 0 Å². The van der Waals surface area contributed by atoms with Gasteiger partial charge in [-0.3, -0.25) is 9.59 Å². The topological polar surface area (TPSA) is 72.2 Å². The first-order valence-electron chi connectivity index (χ1n) is 8.06. The fourth-order valence-corrected chi connectivity index (χ4v) is 3.04. The smallest absolute Gasteiger partial charge is 0.366 e. The maximum absolute atomic E-state index is 12.6. The number of nitrogens with one attached hydrogen (secondary N) is 1. The number of carbonyl (C=O) groups excluding carboxylic acids is 2. The molecule has 0 spiro atoms. The third-order valence-electron chi connectivity index (χ3n) is 4.65. The van der Waals surface area contributed by atoms with Crippen LogP contribution < -0.4 is 11.1 Å². The van der Waals surface area contributed by atoms with Crippen LogP contribution in [0, 0.1) is 12.8 Å². The zero-order valence-electron chi connectivity index (χ0n) is 13.9. The van der Waals surface area contributed by atoms with Crippen molar-refractivity contribution in [1.82, 2.24) is 0 Å². The van der Waals surface area contributed by atoms with Crippen molar-refractivity contribution in [3.05, 3.63) is 64.7 Å². The number of nitrogens with two attached hydrogens (primary N) is 1. The Morgan fingerprint density at radius 1 is 1.12 bits per heavy atom. The Morgan fingerprint density at radius 3 is 2.35 bits per heavy atom. The van der Waals surface area contributed by atoms with Crippen LogP contribution in [0.2, 0.25) is 0 Å². The molecule has 1 aliphatic carbocycles. The van der Waals surface area contributed by atoms with E-state index < -0.39 is 17.6 Å². The number of benzene rings is 2. The summed E-state index contributed by atoms with van der Waals surface area (Å²) in [5, 5.41) is 2.78. The molecule has 0 aromatic heterocycles. The lowest BCUT2D eigenvalue weighted by Crippen LogP contribution is -2.18. The summed E-state index contributed by atoms with van der Waals surface area (Å²) in [6, 6.07) is 9.78. The Morgan fingerprint density at radius 2 is 1.77 bits per heavy atom. The summed E-state index contributed by atoms with van der Waals surface area (Å²) in [6.45, 7) is 1.69. The minimum atomic E-state index is -4.37. The van der Waals surface area contributed by atoms with E-state index in [0.29, 0.717) is 28.8 Å². The lowest BCUT2D eigenvalue weighted by atomic mass is 10.0. The molecular weight excluding hydrogens is 345 g/mol. The molecule has 2 atom stereocenters. The Labute approximate surface area is 148 Å². The van der Waals surface area contributed by atoms with Gasteiger partial charge in [-0.1, -0.05) is 18.2 Å². The minimum Gasteiger partial charge on any atom is -0.366 e. The van der Waals surface area contributed by atoms with E-state index >= 15 is 0 Å². The van der Waals surface area contributed by atoms with Gasteiger partial charge in [-0.25, -0.2) is 0 Å². The van der Waals surface area contributed by atoms with E-state index in [-0.39, 0.29) is 17.7 Å². The first-order chi connectivity index (χ1) is 12.2.